The summed E-state index contributed by atoms with van der Waals surface area (Å²) in [5.41, 5.74) is -0.0618. The summed E-state index contributed by atoms with van der Waals surface area (Å²) < 4.78 is 39.2. The minimum atomic E-state index is -4.79. The average Bonchev–Trinajstić information content (AvgIpc) is 3.16. The molecule has 6 amide bonds. The molecule has 22 heteroatoms. The molecule has 8 N–H and O–H groups in total. The molecular weight excluding hydrogens is 892 g/mol. The van der Waals surface area contributed by atoms with Gasteiger partial charge in [-0.2, -0.15) is 13.2 Å². The Morgan fingerprint density at radius 3 is 1.75 bits per heavy atom. The molecule has 0 aromatic heterocycles. The van der Waals surface area contributed by atoms with Crippen molar-refractivity contribution in [1.29, 1.82) is 0 Å². The van der Waals surface area contributed by atoms with Crippen LogP contribution < -0.4 is 31.9 Å². The van der Waals surface area contributed by atoms with E-state index in [1.54, 1.807) is 65.8 Å². The molecule has 0 aliphatic heterocycles. The van der Waals surface area contributed by atoms with E-state index in [4.69, 9.17) is 23.2 Å². The van der Waals surface area contributed by atoms with Gasteiger partial charge in [-0.1, -0.05) is 82.1 Å². The van der Waals surface area contributed by atoms with Crippen molar-refractivity contribution in [3.05, 3.63) is 69.2 Å². The van der Waals surface area contributed by atoms with E-state index < -0.39 is 121 Å². The molecule has 0 aliphatic rings. The number of aliphatic carboxylic acids is 2. The summed E-state index contributed by atoms with van der Waals surface area (Å²) in [7, 11) is 0. The van der Waals surface area contributed by atoms with Crippen LogP contribution in [0.15, 0.2) is 42.5 Å². The average molecular weight is 946 g/mol. The number of aryl methyl sites for hydroxylation is 1. The minimum absolute atomic E-state index is 0.0517. The Kier molecular flexibility index (Phi) is 20.7. The summed E-state index contributed by atoms with van der Waals surface area (Å²) in [6.07, 6.45) is -9.11. The molecule has 6 atom stereocenters. The van der Waals surface area contributed by atoms with Crippen molar-refractivity contribution in [1.82, 2.24) is 31.9 Å². The predicted molar refractivity (Wildman–Crippen MR) is 227 cm³/mol. The maximum atomic E-state index is 14.3. The second-order valence-corrected chi connectivity index (χ2v) is 17.4. The fraction of sp³-hybridized carbons (Fsp3) is 0.500. The van der Waals surface area contributed by atoms with E-state index >= 15 is 0 Å². The topological polar surface area (TPSA) is 266 Å². The van der Waals surface area contributed by atoms with Gasteiger partial charge in [-0.05, 0) is 60.4 Å². The molecule has 2 rings (SSSR count). The zero-order valence-corrected chi connectivity index (χ0v) is 37.4. The summed E-state index contributed by atoms with van der Waals surface area (Å²) in [4.78, 5) is 117. The van der Waals surface area contributed by atoms with Gasteiger partial charge in [-0.3, -0.25) is 38.4 Å². The Morgan fingerprint density at radius 1 is 0.703 bits per heavy atom. The molecule has 17 nitrogen and oxygen atoms in total. The van der Waals surface area contributed by atoms with Crippen LogP contribution in [0.1, 0.15) is 88.2 Å². The number of halogens is 5. The van der Waals surface area contributed by atoms with Crippen molar-refractivity contribution in [3.8, 4) is 0 Å². The Balaban J connectivity index is 2.50. The molecule has 0 aliphatic carbocycles. The lowest BCUT2D eigenvalue weighted by atomic mass is 9.85. The number of carboxylic acid groups (broad SMARTS) is 2. The number of rotatable bonds is 23. The fourth-order valence-corrected chi connectivity index (χ4v) is 6.73. The highest BCUT2D eigenvalue weighted by molar-refractivity contribution is 6.35. The maximum absolute atomic E-state index is 14.3. The molecule has 0 bridgehead atoms. The number of hydrogen-bond acceptors (Lipinski definition) is 9. The van der Waals surface area contributed by atoms with Crippen LogP contribution in [0.2, 0.25) is 10.0 Å². The first-order valence-corrected chi connectivity index (χ1v) is 20.6. The van der Waals surface area contributed by atoms with Gasteiger partial charge < -0.3 is 46.9 Å². The van der Waals surface area contributed by atoms with Crippen LogP contribution >= 0.6 is 23.2 Å². The molecule has 0 unspecified atom stereocenters. The number of carbonyl (C=O) groups is 9. The van der Waals surface area contributed by atoms with Gasteiger partial charge >= 0.3 is 18.1 Å². The number of hydrogen-bond donors (Lipinski definition) is 8. The van der Waals surface area contributed by atoms with Gasteiger partial charge in [-0.25, -0.2) is 0 Å². The highest BCUT2D eigenvalue weighted by Crippen LogP contribution is 2.23. The zero-order valence-electron chi connectivity index (χ0n) is 35.9. The summed E-state index contributed by atoms with van der Waals surface area (Å²) in [5.74, 6) is -9.51. The third-order valence-corrected chi connectivity index (χ3v) is 9.86. The molecule has 0 saturated carbocycles. The van der Waals surface area contributed by atoms with Crippen LogP contribution in [-0.2, 0) is 44.8 Å². The number of alkyl halides is 3. The molecule has 2 aromatic rings. The quantitative estimate of drug-likeness (QED) is 0.0746. The summed E-state index contributed by atoms with van der Waals surface area (Å²) in [6, 6.07) is 0.442. The molecular formula is C42H53Cl2F3N6O11. The van der Waals surface area contributed by atoms with Crippen molar-refractivity contribution in [2.75, 3.05) is 0 Å². The standard InChI is InChI=1S/C42H53Cl2F3N6O11/c1-21(2)13-29(37(61)48-27(20-54)19-42(45,46)47)52-40(64)34(41(4,5)6)53-39(63)30(16-23-10-8-7-9-22(23)3)51-36(60)28(11-12-32(55)56)49-38(62)31(18-33(57)58)50-35(59)24-14-25(43)17-26(44)15-24/h7-10,14-15,17,20-21,27-31,34H,11-13,16,18-19H2,1-6H3,(H,48,61)(H,49,62)(H,50,59)(H,51,60)(H,52,64)(H,53,63)(H,55,56)(H,57,58)/t27-,28-,29-,30-,31-,34+/m0/s1. The van der Waals surface area contributed by atoms with E-state index in [0.717, 1.165) is 0 Å². The maximum Gasteiger partial charge on any atom is 0.391 e. The SMILES string of the molecule is Cc1ccccc1C[C@H](NC(=O)[C@H](CCC(=O)O)NC(=O)[C@H](CC(=O)O)NC(=O)c1cc(Cl)cc(Cl)c1)C(=O)N[C@H](C(=O)N[C@@H](CC(C)C)C(=O)N[C@H](C=O)CC(F)(F)F)C(C)(C)C. The minimum Gasteiger partial charge on any atom is -0.481 e. The van der Waals surface area contributed by atoms with Crippen LogP contribution in [0, 0.1) is 18.3 Å². The predicted octanol–water partition coefficient (Wildman–Crippen LogP) is 3.65. The Bertz CT molecular complexity index is 2030. The van der Waals surface area contributed by atoms with Gasteiger partial charge in [0.05, 0.1) is 18.9 Å². The number of nitrogens with one attached hydrogen (secondary N) is 6. The first-order valence-electron chi connectivity index (χ1n) is 19.9. The molecule has 0 radical (unpaired) electrons. The van der Waals surface area contributed by atoms with Crippen LogP contribution in [0.4, 0.5) is 13.2 Å². The molecule has 0 saturated heterocycles. The summed E-state index contributed by atoms with van der Waals surface area (Å²) in [6.45, 7) is 9.73. The van der Waals surface area contributed by atoms with Crippen LogP contribution in [0.3, 0.4) is 0 Å². The van der Waals surface area contributed by atoms with Crippen LogP contribution in [0.25, 0.3) is 0 Å². The zero-order chi connectivity index (χ0) is 48.7. The summed E-state index contributed by atoms with van der Waals surface area (Å²) in [5, 5.41) is 33.2. The lowest BCUT2D eigenvalue weighted by molar-refractivity contribution is -0.147. The molecule has 64 heavy (non-hydrogen) atoms. The first kappa shape index (κ1) is 54.4. The van der Waals surface area contributed by atoms with Crippen molar-refractivity contribution < 1.29 is 66.5 Å². The van der Waals surface area contributed by atoms with Crippen molar-refractivity contribution >= 4 is 76.9 Å². The smallest absolute Gasteiger partial charge is 0.391 e. The highest BCUT2D eigenvalue weighted by Gasteiger charge is 2.39. The normalized spacial score (nSPS) is 14.4. The van der Waals surface area contributed by atoms with E-state index in [1.807, 2.05) is 5.32 Å². The van der Waals surface area contributed by atoms with Gasteiger partial charge in [0.15, 0.2) is 0 Å². The van der Waals surface area contributed by atoms with Crippen molar-refractivity contribution in [2.24, 2.45) is 11.3 Å². The Labute approximate surface area is 377 Å². The van der Waals surface area contributed by atoms with Gasteiger partial charge in [0.25, 0.3) is 5.91 Å². The van der Waals surface area contributed by atoms with Gasteiger partial charge in [0, 0.05) is 28.5 Å². The lowest BCUT2D eigenvalue weighted by Crippen LogP contribution is -2.62. The van der Waals surface area contributed by atoms with E-state index in [9.17, 15) is 66.5 Å². The van der Waals surface area contributed by atoms with E-state index in [-0.39, 0.29) is 40.7 Å². The van der Waals surface area contributed by atoms with E-state index in [1.165, 1.54) is 18.2 Å². The Hall–Kier alpha value is -5.76. The monoisotopic (exact) mass is 944 g/mol. The lowest BCUT2D eigenvalue weighted by Gasteiger charge is -2.34. The molecule has 0 heterocycles. The van der Waals surface area contributed by atoms with Crippen LogP contribution in [-0.4, -0.2) is 106 Å². The summed E-state index contributed by atoms with van der Waals surface area (Å²) >= 11 is 12.0. The first-order chi connectivity index (χ1) is 29.6. The van der Waals surface area contributed by atoms with Crippen LogP contribution in [0.5, 0.6) is 0 Å². The molecule has 0 fully saturated rings. The molecule has 352 valence electrons. The second kappa shape index (κ2) is 24.3. The second-order valence-electron chi connectivity index (χ2n) is 16.5. The van der Waals surface area contributed by atoms with E-state index in [2.05, 4.69) is 26.6 Å². The third kappa shape index (κ3) is 18.9. The molecule has 0 spiro atoms. The number of amides is 6. The largest absolute Gasteiger partial charge is 0.481 e. The molecule has 2 aromatic carbocycles. The number of aldehydes is 1. The number of benzene rings is 2. The van der Waals surface area contributed by atoms with Crippen molar-refractivity contribution in [2.45, 2.75) is 122 Å². The third-order valence-electron chi connectivity index (χ3n) is 9.42. The van der Waals surface area contributed by atoms with Gasteiger partial charge in [0.2, 0.25) is 29.5 Å². The van der Waals surface area contributed by atoms with Gasteiger partial charge in [0.1, 0.15) is 36.5 Å². The number of carbonyl (C=O) groups excluding carboxylic acids is 7. The number of carboxylic acids is 2. The van der Waals surface area contributed by atoms with E-state index in [0.29, 0.717) is 11.1 Å². The Morgan fingerprint density at radius 2 is 1.23 bits per heavy atom. The van der Waals surface area contributed by atoms with Gasteiger partial charge in [-0.15, -0.1) is 0 Å². The fourth-order valence-electron chi connectivity index (χ4n) is 6.20. The van der Waals surface area contributed by atoms with Crippen molar-refractivity contribution in [3.63, 3.8) is 0 Å². The highest BCUT2D eigenvalue weighted by atomic mass is 35.5.